The number of nitrogens with one attached hydrogen (secondary N) is 1. The molecule has 1 aromatic heterocycles. The minimum atomic E-state index is 0.423. The van der Waals surface area contributed by atoms with Crippen LogP contribution < -0.4 is 5.32 Å². The first-order valence-corrected chi connectivity index (χ1v) is 7.52. The summed E-state index contributed by atoms with van der Waals surface area (Å²) in [5.41, 5.74) is 0. The number of hydrogen-bond donors (Lipinski definition) is 1. The minimum Gasteiger partial charge on any atom is -0.309 e. The molecular formula is C13H21ClN2S. The monoisotopic (exact) mass is 272 g/mol. The zero-order valence-corrected chi connectivity index (χ0v) is 12.2. The summed E-state index contributed by atoms with van der Waals surface area (Å²) in [5.74, 6) is 0.837. The Balaban J connectivity index is 1.74. The molecule has 2 rings (SSSR count). The Labute approximate surface area is 113 Å². The Kier molecular flexibility index (Phi) is 4.86. The number of thiophene rings is 1. The first kappa shape index (κ1) is 13.3. The maximum atomic E-state index is 5.95. The van der Waals surface area contributed by atoms with Gasteiger partial charge in [-0.1, -0.05) is 11.6 Å². The predicted octanol–water partition coefficient (Wildman–Crippen LogP) is 3.39. The van der Waals surface area contributed by atoms with Crippen LogP contribution >= 0.6 is 22.9 Å². The lowest BCUT2D eigenvalue weighted by Crippen LogP contribution is -2.35. The molecule has 4 heteroatoms. The van der Waals surface area contributed by atoms with Crippen LogP contribution in [0.2, 0.25) is 4.34 Å². The second-order valence-corrected chi connectivity index (χ2v) is 6.77. The van der Waals surface area contributed by atoms with Gasteiger partial charge in [0, 0.05) is 10.9 Å². The van der Waals surface area contributed by atoms with Gasteiger partial charge in [-0.15, -0.1) is 11.3 Å². The molecule has 1 N–H and O–H groups in total. The molecule has 0 aromatic carbocycles. The molecular weight excluding hydrogens is 252 g/mol. The van der Waals surface area contributed by atoms with Crippen LogP contribution in [-0.4, -0.2) is 31.6 Å². The van der Waals surface area contributed by atoms with E-state index in [0.29, 0.717) is 6.04 Å². The number of halogens is 1. The number of rotatable bonds is 4. The zero-order chi connectivity index (χ0) is 12.3. The lowest BCUT2D eigenvalue weighted by Gasteiger charge is -2.29. The average molecular weight is 273 g/mol. The molecule has 1 fully saturated rings. The van der Waals surface area contributed by atoms with Crippen LogP contribution in [0.25, 0.3) is 0 Å². The number of hydrogen-bond acceptors (Lipinski definition) is 3. The van der Waals surface area contributed by atoms with Crippen molar-refractivity contribution in [2.24, 2.45) is 5.92 Å². The highest BCUT2D eigenvalue weighted by Gasteiger charge is 2.17. The zero-order valence-electron chi connectivity index (χ0n) is 10.6. The highest BCUT2D eigenvalue weighted by Crippen LogP contribution is 2.27. The van der Waals surface area contributed by atoms with Crippen molar-refractivity contribution in [3.63, 3.8) is 0 Å². The van der Waals surface area contributed by atoms with E-state index in [1.807, 2.05) is 6.07 Å². The molecule has 0 amide bonds. The summed E-state index contributed by atoms with van der Waals surface area (Å²) in [6, 6.07) is 4.53. The van der Waals surface area contributed by atoms with Crippen molar-refractivity contribution in [2.45, 2.75) is 25.8 Å². The SMILES string of the molecule is CC(NCC1CCN(C)CC1)c1ccc(Cl)s1. The van der Waals surface area contributed by atoms with Gasteiger partial charge in [0.15, 0.2) is 0 Å². The molecule has 1 aliphatic rings. The van der Waals surface area contributed by atoms with Gasteiger partial charge in [0.2, 0.25) is 0 Å². The Hall–Kier alpha value is -0.0900. The van der Waals surface area contributed by atoms with Crippen molar-refractivity contribution in [1.29, 1.82) is 0 Å². The molecule has 1 saturated heterocycles. The van der Waals surface area contributed by atoms with E-state index in [0.717, 1.165) is 16.8 Å². The van der Waals surface area contributed by atoms with Crippen LogP contribution in [0.15, 0.2) is 12.1 Å². The van der Waals surface area contributed by atoms with E-state index in [1.165, 1.54) is 30.8 Å². The van der Waals surface area contributed by atoms with E-state index in [2.05, 4.69) is 30.3 Å². The summed E-state index contributed by atoms with van der Waals surface area (Å²) in [7, 11) is 2.21. The molecule has 17 heavy (non-hydrogen) atoms. The van der Waals surface area contributed by atoms with E-state index >= 15 is 0 Å². The van der Waals surface area contributed by atoms with Crippen molar-refractivity contribution in [1.82, 2.24) is 10.2 Å². The summed E-state index contributed by atoms with van der Waals surface area (Å²) in [6.45, 7) is 5.83. The Morgan fingerprint density at radius 2 is 2.18 bits per heavy atom. The van der Waals surface area contributed by atoms with Gasteiger partial charge in [-0.25, -0.2) is 0 Å². The Bertz CT molecular complexity index is 345. The van der Waals surface area contributed by atoms with Crippen LogP contribution in [0.3, 0.4) is 0 Å². The summed E-state index contributed by atoms with van der Waals surface area (Å²) in [4.78, 5) is 3.75. The van der Waals surface area contributed by atoms with E-state index in [4.69, 9.17) is 11.6 Å². The molecule has 0 aliphatic carbocycles. The third-order valence-electron chi connectivity index (χ3n) is 3.57. The standard InChI is InChI=1S/C13H21ClN2S/c1-10(12-3-4-13(14)17-12)15-9-11-5-7-16(2)8-6-11/h3-4,10-11,15H,5-9H2,1-2H3. The average Bonchev–Trinajstić information content (AvgIpc) is 2.75. The number of likely N-dealkylation sites (tertiary alicyclic amines) is 1. The van der Waals surface area contributed by atoms with Crippen molar-refractivity contribution < 1.29 is 0 Å². The molecule has 1 unspecified atom stereocenters. The van der Waals surface area contributed by atoms with Crippen molar-refractivity contribution in [2.75, 3.05) is 26.7 Å². The summed E-state index contributed by atoms with van der Waals surface area (Å²) >= 11 is 7.63. The van der Waals surface area contributed by atoms with Gasteiger partial charge >= 0.3 is 0 Å². The van der Waals surface area contributed by atoms with E-state index in [1.54, 1.807) is 11.3 Å². The predicted molar refractivity (Wildman–Crippen MR) is 76.0 cm³/mol. The molecule has 1 aliphatic heterocycles. The van der Waals surface area contributed by atoms with Gasteiger partial charge in [0.25, 0.3) is 0 Å². The van der Waals surface area contributed by atoms with Crippen LogP contribution in [0.5, 0.6) is 0 Å². The third-order valence-corrected chi connectivity index (χ3v) is 4.99. The van der Waals surface area contributed by atoms with E-state index in [-0.39, 0.29) is 0 Å². The molecule has 0 bridgehead atoms. The smallest absolute Gasteiger partial charge is 0.0931 e. The van der Waals surface area contributed by atoms with Gasteiger partial charge < -0.3 is 10.2 Å². The van der Waals surface area contributed by atoms with Crippen LogP contribution in [-0.2, 0) is 0 Å². The molecule has 2 heterocycles. The van der Waals surface area contributed by atoms with Crippen molar-refractivity contribution >= 4 is 22.9 Å². The third kappa shape index (κ3) is 3.95. The van der Waals surface area contributed by atoms with Crippen LogP contribution in [0.4, 0.5) is 0 Å². The normalized spacial score (nSPS) is 20.6. The van der Waals surface area contributed by atoms with Gasteiger partial charge in [-0.05, 0) is 64.5 Å². The van der Waals surface area contributed by atoms with Gasteiger partial charge in [0.05, 0.1) is 4.34 Å². The Morgan fingerprint density at radius 1 is 1.47 bits per heavy atom. The largest absolute Gasteiger partial charge is 0.309 e. The van der Waals surface area contributed by atoms with Gasteiger partial charge in [-0.2, -0.15) is 0 Å². The summed E-state index contributed by atoms with van der Waals surface area (Å²) in [5, 5.41) is 3.63. The van der Waals surface area contributed by atoms with Crippen LogP contribution in [0.1, 0.15) is 30.7 Å². The first-order valence-electron chi connectivity index (χ1n) is 6.32. The van der Waals surface area contributed by atoms with Gasteiger partial charge in [-0.3, -0.25) is 0 Å². The van der Waals surface area contributed by atoms with Crippen LogP contribution in [0, 0.1) is 5.92 Å². The van der Waals surface area contributed by atoms with Gasteiger partial charge in [0.1, 0.15) is 0 Å². The summed E-state index contributed by atoms with van der Waals surface area (Å²) in [6.07, 6.45) is 2.64. The second kappa shape index (κ2) is 6.19. The molecule has 1 atom stereocenters. The maximum Gasteiger partial charge on any atom is 0.0931 e. The van der Waals surface area contributed by atoms with Crippen molar-refractivity contribution in [3.8, 4) is 0 Å². The second-order valence-electron chi connectivity index (χ2n) is 5.02. The fourth-order valence-electron chi connectivity index (χ4n) is 2.27. The number of piperidine rings is 1. The molecule has 0 saturated carbocycles. The molecule has 1 aromatic rings. The lowest BCUT2D eigenvalue weighted by molar-refractivity contribution is 0.213. The fourth-order valence-corrected chi connectivity index (χ4v) is 3.36. The highest BCUT2D eigenvalue weighted by molar-refractivity contribution is 7.16. The summed E-state index contributed by atoms with van der Waals surface area (Å²) < 4.78 is 0.882. The molecule has 0 radical (unpaired) electrons. The van der Waals surface area contributed by atoms with E-state index < -0.39 is 0 Å². The number of nitrogens with zero attached hydrogens (tertiary/aromatic N) is 1. The fraction of sp³-hybridized carbons (Fsp3) is 0.692. The maximum absolute atomic E-state index is 5.95. The minimum absolute atomic E-state index is 0.423. The van der Waals surface area contributed by atoms with Crippen molar-refractivity contribution in [3.05, 3.63) is 21.3 Å². The quantitative estimate of drug-likeness (QED) is 0.904. The molecule has 0 spiro atoms. The topological polar surface area (TPSA) is 15.3 Å². The molecule has 96 valence electrons. The Morgan fingerprint density at radius 3 is 2.76 bits per heavy atom. The lowest BCUT2D eigenvalue weighted by atomic mass is 9.97. The highest BCUT2D eigenvalue weighted by atomic mass is 35.5. The van der Waals surface area contributed by atoms with E-state index in [9.17, 15) is 0 Å². The first-order chi connectivity index (χ1) is 8.15. The molecule has 2 nitrogen and oxygen atoms in total.